The van der Waals surface area contributed by atoms with Gasteiger partial charge in [-0.05, 0) is 36.8 Å². The summed E-state index contributed by atoms with van der Waals surface area (Å²) in [5, 5.41) is 0. The Hall–Kier alpha value is -1.03. The Morgan fingerprint density at radius 1 is 1.35 bits per heavy atom. The molecule has 0 aliphatic rings. The maximum atomic E-state index is 12.9. The molecule has 0 radical (unpaired) electrons. The molecule has 0 saturated carbocycles. The number of hydrogen-bond donors (Lipinski definition) is 0. The molecule has 17 heavy (non-hydrogen) atoms. The first-order valence-electron chi connectivity index (χ1n) is 5.67. The van der Waals surface area contributed by atoms with E-state index in [9.17, 15) is 9.18 Å². The minimum Gasteiger partial charge on any atom is -0.469 e. The first kappa shape index (κ1) is 14.0. The van der Waals surface area contributed by atoms with Gasteiger partial charge in [0.2, 0.25) is 0 Å². The van der Waals surface area contributed by atoms with Crippen LogP contribution in [-0.2, 0) is 9.53 Å². The highest BCUT2D eigenvalue weighted by Crippen LogP contribution is 2.20. The van der Waals surface area contributed by atoms with Crippen molar-refractivity contribution < 1.29 is 13.9 Å². The van der Waals surface area contributed by atoms with Crippen LogP contribution in [0.25, 0.3) is 0 Å². The molecule has 0 aliphatic heterocycles. The van der Waals surface area contributed by atoms with Crippen LogP contribution in [0.3, 0.4) is 0 Å². The van der Waals surface area contributed by atoms with Gasteiger partial charge in [0.25, 0.3) is 0 Å². The second kappa shape index (κ2) is 8.12. The minimum absolute atomic E-state index is 0.150. The van der Waals surface area contributed by atoms with Crippen molar-refractivity contribution in [1.82, 2.24) is 0 Å². The lowest BCUT2D eigenvalue weighted by Gasteiger charge is -2.02. The van der Waals surface area contributed by atoms with Crippen molar-refractivity contribution in [1.29, 1.82) is 0 Å². The largest absolute Gasteiger partial charge is 0.469 e. The van der Waals surface area contributed by atoms with Gasteiger partial charge in [0.1, 0.15) is 5.82 Å². The number of esters is 1. The predicted molar refractivity (Wildman–Crippen MR) is 67.6 cm³/mol. The van der Waals surface area contributed by atoms with E-state index in [1.54, 1.807) is 23.9 Å². The van der Waals surface area contributed by atoms with Crippen LogP contribution in [0.5, 0.6) is 0 Å². The van der Waals surface area contributed by atoms with E-state index in [-0.39, 0.29) is 11.8 Å². The molecule has 0 N–H and O–H groups in total. The number of thioether (sulfide) groups is 1. The third-order valence-electron chi connectivity index (χ3n) is 2.32. The number of carbonyl (C=O) groups is 1. The average Bonchev–Trinajstić information content (AvgIpc) is 2.33. The van der Waals surface area contributed by atoms with Gasteiger partial charge in [-0.3, -0.25) is 4.79 Å². The standard InChI is InChI=1S/C13H17FO2S/c1-16-13(15)8-3-2-4-9-17-12-7-5-6-11(14)10-12/h5-7,10H,2-4,8-9H2,1H3. The van der Waals surface area contributed by atoms with Crippen molar-refractivity contribution in [3.8, 4) is 0 Å². The number of carbonyl (C=O) groups excluding carboxylic acids is 1. The van der Waals surface area contributed by atoms with Crippen LogP contribution in [0.1, 0.15) is 25.7 Å². The summed E-state index contributed by atoms with van der Waals surface area (Å²) in [5.74, 6) is 0.605. The Morgan fingerprint density at radius 2 is 2.18 bits per heavy atom. The molecule has 1 aromatic carbocycles. The third kappa shape index (κ3) is 6.31. The molecule has 0 fully saturated rings. The lowest BCUT2D eigenvalue weighted by molar-refractivity contribution is -0.140. The molecule has 0 spiro atoms. The molecule has 0 amide bonds. The number of hydrogen-bond acceptors (Lipinski definition) is 3. The van der Waals surface area contributed by atoms with Gasteiger partial charge in [-0.25, -0.2) is 4.39 Å². The zero-order valence-electron chi connectivity index (χ0n) is 9.95. The fourth-order valence-electron chi connectivity index (χ4n) is 1.40. The van der Waals surface area contributed by atoms with Gasteiger partial charge in [0, 0.05) is 11.3 Å². The Kier molecular flexibility index (Phi) is 6.70. The summed E-state index contributed by atoms with van der Waals surface area (Å²) in [7, 11) is 1.40. The summed E-state index contributed by atoms with van der Waals surface area (Å²) in [4.78, 5) is 11.8. The summed E-state index contributed by atoms with van der Waals surface area (Å²) in [6.07, 6.45) is 3.37. The molecular weight excluding hydrogens is 239 g/mol. The predicted octanol–water partition coefficient (Wildman–Crippen LogP) is 3.65. The van der Waals surface area contributed by atoms with Crippen molar-refractivity contribution in [3.63, 3.8) is 0 Å². The van der Waals surface area contributed by atoms with Crippen molar-refractivity contribution in [2.45, 2.75) is 30.6 Å². The molecule has 0 saturated heterocycles. The van der Waals surface area contributed by atoms with Crippen molar-refractivity contribution in [2.24, 2.45) is 0 Å². The summed E-state index contributed by atoms with van der Waals surface area (Å²) < 4.78 is 17.4. The van der Waals surface area contributed by atoms with E-state index >= 15 is 0 Å². The van der Waals surface area contributed by atoms with Crippen LogP contribution < -0.4 is 0 Å². The summed E-state index contributed by atoms with van der Waals surface area (Å²) in [5.41, 5.74) is 0. The van der Waals surface area contributed by atoms with Gasteiger partial charge < -0.3 is 4.74 Å². The number of ether oxygens (including phenoxy) is 1. The van der Waals surface area contributed by atoms with E-state index in [1.165, 1.54) is 13.2 Å². The summed E-state index contributed by atoms with van der Waals surface area (Å²) in [6, 6.07) is 6.61. The van der Waals surface area contributed by atoms with E-state index in [0.29, 0.717) is 6.42 Å². The Balaban J connectivity index is 2.06. The number of methoxy groups -OCH3 is 1. The topological polar surface area (TPSA) is 26.3 Å². The van der Waals surface area contributed by atoms with E-state index in [4.69, 9.17) is 0 Å². The normalized spacial score (nSPS) is 10.2. The van der Waals surface area contributed by atoms with Crippen LogP contribution >= 0.6 is 11.8 Å². The summed E-state index contributed by atoms with van der Waals surface area (Å²) >= 11 is 1.64. The molecule has 0 aromatic heterocycles. The van der Waals surface area contributed by atoms with Gasteiger partial charge in [0.05, 0.1) is 7.11 Å². The molecule has 0 aliphatic carbocycles. The molecule has 1 rings (SSSR count). The Morgan fingerprint density at radius 3 is 2.88 bits per heavy atom. The first-order chi connectivity index (χ1) is 8.22. The van der Waals surface area contributed by atoms with E-state index in [0.717, 1.165) is 29.9 Å². The van der Waals surface area contributed by atoms with Crippen molar-refractivity contribution in [3.05, 3.63) is 30.1 Å². The van der Waals surface area contributed by atoms with E-state index < -0.39 is 0 Å². The zero-order valence-corrected chi connectivity index (χ0v) is 10.8. The molecule has 1 aromatic rings. The van der Waals surface area contributed by atoms with Gasteiger partial charge in [-0.1, -0.05) is 12.5 Å². The highest BCUT2D eigenvalue weighted by atomic mass is 32.2. The molecule has 2 nitrogen and oxygen atoms in total. The van der Waals surface area contributed by atoms with E-state index in [2.05, 4.69) is 4.74 Å². The average molecular weight is 256 g/mol. The fraction of sp³-hybridized carbons (Fsp3) is 0.462. The lowest BCUT2D eigenvalue weighted by Crippen LogP contribution is -1.99. The van der Waals surface area contributed by atoms with Gasteiger partial charge >= 0.3 is 5.97 Å². The minimum atomic E-state index is -0.194. The van der Waals surface area contributed by atoms with Crippen LogP contribution in [0, 0.1) is 5.82 Å². The quantitative estimate of drug-likeness (QED) is 0.423. The SMILES string of the molecule is COC(=O)CCCCCSc1cccc(F)c1. The molecule has 0 heterocycles. The molecule has 4 heteroatoms. The lowest BCUT2D eigenvalue weighted by atomic mass is 10.2. The second-order valence-corrected chi connectivity index (χ2v) is 4.86. The highest BCUT2D eigenvalue weighted by molar-refractivity contribution is 7.99. The Bertz CT molecular complexity index is 355. The van der Waals surface area contributed by atoms with Gasteiger partial charge in [-0.2, -0.15) is 0 Å². The van der Waals surface area contributed by atoms with E-state index in [1.807, 2.05) is 6.07 Å². The molecule has 0 atom stereocenters. The number of halogens is 1. The second-order valence-electron chi connectivity index (χ2n) is 3.69. The smallest absolute Gasteiger partial charge is 0.305 e. The van der Waals surface area contributed by atoms with Crippen LogP contribution in [-0.4, -0.2) is 18.8 Å². The molecule has 0 bridgehead atoms. The highest BCUT2D eigenvalue weighted by Gasteiger charge is 2.00. The maximum absolute atomic E-state index is 12.9. The zero-order chi connectivity index (χ0) is 12.5. The number of rotatable bonds is 7. The van der Waals surface area contributed by atoms with Crippen LogP contribution in [0.2, 0.25) is 0 Å². The maximum Gasteiger partial charge on any atom is 0.305 e. The van der Waals surface area contributed by atoms with Crippen LogP contribution in [0.4, 0.5) is 4.39 Å². The fourth-order valence-corrected chi connectivity index (χ4v) is 2.35. The van der Waals surface area contributed by atoms with Gasteiger partial charge in [-0.15, -0.1) is 11.8 Å². The third-order valence-corrected chi connectivity index (χ3v) is 3.40. The summed E-state index contributed by atoms with van der Waals surface area (Å²) in [6.45, 7) is 0. The molecule has 94 valence electrons. The van der Waals surface area contributed by atoms with Crippen LogP contribution in [0.15, 0.2) is 29.2 Å². The molecule has 0 unspecified atom stereocenters. The first-order valence-corrected chi connectivity index (χ1v) is 6.66. The number of benzene rings is 1. The number of unbranched alkanes of at least 4 members (excludes halogenated alkanes) is 2. The molecular formula is C13H17FO2S. The van der Waals surface area contributed by atoms with Gasteiger partial charge in [0.15, 0.2) is 0 Å². The van der Waals surface area contributed by atoms with Crippen molar-refractivity contribution >= 4 is 17.7 Å². The monoisotopic (exact) mass is 256 g/mol. The Labute approximate surface area is 106 Å². The van der Waals surface area contributed by atoms with Crippen molar-refractivity contribution in [2.75, 3.05) is 12.9 Å².